The number of primary amides is 1. The largest absolute Gasteiger partial charge is 0.380 e. The molecule has 7 N–H and O–H groups in total. The Bertz CT molecular complexity index is 783. The third-order valence-electron chi connectivity index (χ3n) is 3.98. The molecule has 0 radical (unpaired) electrons. The zero-order chi connectivity index (χ0) is 18.7. The second-order valence-corrected chi connectivity index (χ2v) is 7.25. The van der Waals surface area contributed by atoms with Gasteiger partial charge in [-0.25, -0.2) is 9.97 Å². The maximum atomic E-state index is 11.7. The van der Waals surface area contributed by atoms with Gasteiger partial charge >= 0.3 is 0 Å². The SMILES string of the molecule is N=C1SCC=C1C(=S)Nc1nc(NC2CCOCC2N)cnc1C(N)=O. The molecule has 2 aliphatic rings. The van der Waals surface area contributed by atoms with Crippen LogP contribution in [0.15, 0.2) is 17.8 Å². The molecule has 138 valence electrons. The molecular weight excluding hydrogens is 374 g/mol. The highest BCUT2D eigenvalue weighted by molar-refractivity contribution is 8.15. The van der Waals surface area contributed by atoms with Crippen molar-refractivity contribution in [2.75, 3.05) is 29.6 Å². The summed E-state index contributed by atoms with van der Waals surface area (Å²) in [7, 11) is 0. The number of nitrogens with two attached hydrogens (primary N) is 2. The topological polar surface area (TPSA) is 152 Å². The van der Waals surface area contributed by atoms with Crippen molar-refractivity contribution in [1.82, 2.24) is 9.97 Å². The molecule has 0 aromatic carbocycles. The highest BCUT2D eigenvalue weighted by Crippen LogP contribution is 2.23. The highest BCUT2D eigenvalue weighted by atomic mass is 32.2. The van der Waals surface area contributed by atoms with E-state index in [1.165, 1.54) is 18.0 Å². The van der Waals surface area contributed by atoms with E-state index in [1.807, 2.05) is 6.08 Å². The summed E-state index contributed by atoms with van der Waals surface area (Å²) < 4.78 is 5.32. The van der Waals surface area contributed by atoms with E-state index in [2.05, 4.69) is 20.6 Å². The molecule has 0 aliphatic carbocycles. The third-order valence-corrected chi connectivity index (χ3v) is 5.14. The third kappa shape index (κ3) is 4.18. The minimum Gasteiger partial charge on any atom is -0.380 e. The fraction of sp³-hybridized carbons (Fsp3) is 0.400. The van der Waals surface area contributed by atoms with Gasteiger partial charge in [-0.1, -0.05) is 18.3 Å². The van der Waals surface area contributed by atoms with Gasteiger partial charge in [0, 0.05) is 30.0 Å². The number of amides is 1. The van der Waals surface area contributed by atoms with Crippen molar-refractivity contribution in [2.45, 2.75) is 18.5 Å². The van der Waals surface area contributed by atoms with Crippen LogP contribution in [-0.2, 0) is 4.74 Å². The number of nitrogens with zero attached hydrogens (tertiary/aromatic N) is 2. The molecule has 0 saturated carbocycles. The van der Waals surface area contributed by atoms with Gasteiger partial charge in [-0.3, -0.25) is 10.2 Å². The average Bonchev–Trinajstić information content (AvgIpc) is 3.03. The molecule has 2 unspecified atom stereocenters. The standard InChI is InChI=1S/C15H19N7O2S2/c16-8-6-24-3-1-9(8)20-10-5-19-11(12(17)23)14(21-10)22-15(25)7-2-4-26-13(7)18/h2,5,8-9,18H,1,3-4,6,16H2,(H2,17,23)(H2,20,21,22,25). The van der Waals surface area contributed by atoms with Gasteiger partial charge < -0.3 is 26.8 Å². The van der Waals surface area contributed by atoms with Crippen LogP contribution in [0, 0.1) is 5.41 Å². The van der Waals surface area contributed by atoms with Gasteiger partial charge in [-0.05, 0) is 6.42 Å². The fourth-order valence-corrected chi connectivity index (χ4v) is 3.71. The van der Waals surface area contributed by atoms with Crippen LogP contribution < -0.4 is 22.1 Å². The summed E-state index contributed by atoms with van der Waals surface area (Å²) in [5.74, 6) is 0.571. The number of thioether (sulfide) groups is 1. The number of carbonyl (C=O) groups is 1. The van der Waals surface area contributed by atoms with E-state index >= 15 is 0 Å². The molecule has 2 aliphatic heterocycles. The molecule has 26 heavy (non-hydrogen) atoms. The van der Waals surface area contributed by atoms with Gasteiger partial charge in [0.2, 0.25) is 0 Å². The molecule has 0 bridgehead atoms. The Morgan fingerprint density at radius 2 is 2.31 bits per heavy atom. The van der Waals surface area contributed by atoms with E-state index in [1.54, 1.807) is 0 Å². The van der Waals surface area contributed by atoms with Crippen LogP contribution in [0.1, 0.15) is 16.9 Å². The quantitative estimate of drug-likeness (QED) is 0.450. The van der Waals surface area contributed by atoms with Gasteiger partial charge in [0.05, 0.1) is 17.8 Å². The second-order valence-electron chi connectivity index (χ2n) is 5.81. The minimum absolute atomic E-state index is 0.0144. The van der Waals surface area contributed by atoms with Gasteiger partial charge in [0.15, 0.2) is 11.5 Å². The predicted molar refractivity (Wildman–Crippen MR) is 106 cm³/mol. The van der Waals surface area contributed by atoms with E-state index in [0.29, 0.717) is 40.4 Å². The number of anilines is 2. The Balaban J connectivity index is 1.81. The molecular formula is C15H19N7O2S2. The zero-order valence-corrected chi connectivity index (χ0v) is 15.5. The summed E-state index contributed by atoms with van der Waals surface area (Å²) in [5.41, 5.74) is 12.0. The van der Waals surface area contributed by atoms with E-state index in [-0.39, 0.29) is 23.6 Å². The molecule has 11 heteroatoms. The Labute approximate surface area is 159 Å². The Morgan fingerprint density at radius 3 is 2.96 bits per heavy atom. The lowest BCUT2D eigenvalue weighted by Crippen LogP contribution is -2.47. The number of aromatic nitrogens is 2. The van der Waals surface area contributed by atoms with Crippen LogP contribution in [-0.4, -0.2) is 57.0 Å². The van der Waals surface area contributed by atoms with E-state index in [4.69, 9.17) is 33.8 Å². The monoisotopic (exact) mass is 393 g/mol. The number of carbonyl (C=O) groups excluding carboxylic acids is 1. The van der Waals surface area contributed by atoms with Gasteiger partial charge in [-0.15, -0.1) is 11.8 Å². The normalized spacial score (nSPS) is 22.7. The molecule has 2 atom stereocenters. The number of rotatable bonds is 5. The van der Waals surface area contributed by atoms with Crippen molar-refractivity contribution < 1.29 is 9.53 Å². The van der Waals surface area contributed by atoms with Crippen molar-refractivity contribution in [2.24, 2.45) is 11.5 Å². The lowest BCUT2D eigenvalue weighted by molar-refractivity contribution is 0.0752. The number of nitrogens with one attached hydrogen (secondary N) is 3. The maximum Gasteiger partial charge on any atom is 0.271 e. The summed E-state index contributed by atoms with van der Waals surface area (Å²) in [4.78, 5) is 20.4. The minimum atomic E-state index is -0.720. The summed E-state index contributed by atoms with van der Waals surface area (Å²) in [6, 6.07) is -0.181. The maximum absolute atomic E-state index is 11.7. The lowest BCUT2D eigenvalue weighted by Gasteiger charge is -2.29. The van der Waals surface area contributed by atoms with Gasteiger partial charge in [0.1, 0.15) is 10.8 Å². The highest BCUT2D eigenvalue weighted by Gasteiger charge is 2.24. The van der Waals surface area contributed by atoms with Gasteiger partial charge in [0.25, 0.3) is 5.91 Å². The molecule has 1 aromatic rings. The summed E-state index contributed by atoms with van der Waals surface area (Å²) in [6.45, 7) is 1.08. The fourth-order valence-electron chi connectivity index (χ4n) is 2.60. The molecule has 1 saturated heterocycles. The first-order chi connectivity index (χ1) is 12.5. The van der Waals surface area contributed by atoms with Crippen LogP contribution in [0.4, 0.5) is 11.6 Å². The van der Waals surface area contributed by atoms with Crippen LogP contribution >= 0.6 is 24.0 Å². The average molecular weight is 393 g/mol. The first-order valence-electron chi connectivity index (χ1n) is 7.95. The predicted octanol–water partition coefficient (Wildman–Crippen LogP) is 0.493. The summed E-state index contributed by atoms with van der Waals surface area (Å²) in [6.07, 6.45) is 4.02. The van der Waals surface area contributed by atoms with E-state index in [9.17, 15) is 4.79 Å². The lowest BCUT2D eigenvalue weighted by atomic mass is 10.0. The molecule has 9 nitrogen and oxygen atoms in total. The number of thiocarbonyl (C=S) groups is 1. The second kappa shape index (κ2) is 8.08. The summed E-state index contributed by atoms with van der Waals surface area (Å²) in [5, 5.41) is 14.4. The molecule has 0 spiro atoms. The van der Waals surface area contributed by atoms with Crippen molar-refractivity contribution in [3.8, 4) is 0 Å². The number of ether oxygens (including phenoxy) is 1. The Kier molecular flexibility index (Phi) is 5.81. The van der Waals surface area contributed by atoms with Crippen LogP contribution in [0.5, 0.6) is 0 Å². The van der Waals surface area contributed by atoms with Crippen molar-refractivity contribution >= 4 is 51.6 Å². The van der Waals surface area contributed by atoms with Crippen molar-refractivity contribution in [3.05, 3.63) is 23.5 Å². The summed E-state index contributed by atoms with van der Waals surface area (Å²) >= 11 is 6.71. The van der Waals surface area contributed by atoms with Crippen molar-refractivity contribution in [3.63, 3.8) is 0 Å². The van der Waals surface area contributed by atoms with Crippen molar-refractivity contribution in [1.29, 1.82) is 5.41 Å². The number of hydrogen-bond donors (Lipinski definition) is 5. The zero-order valence-electron chi connectivity index (χ0n) is 13.8. The molecule has 3 rings (SSSR count). The Hall–Kier alpha value is -2.08. The van der Waals surface area contributed by atoms with Crippen LogP contribution in [0.2, 0.25) is 0 Å². The Morgan fingerprint density at radius 1 is 1.50 bits per heavy atom. The van der Waals surface area contributed by atoms with E-state index in [0.717, 1.165) is 6.42 Å². The van der Waals surface area contributed by atoms with Crippen LogP contribution in [0.3, 0.4) is 0 Å². The number of hydrogen-bond acceptors (Lipinski definition) is 9. The van der Waals surface area contributed by atoms with Gasteiger partial charge in [-0.2, -0.15) is 0 Å². The molecule has 1 fully saturated rings. The molecule has 1 amide bonds. The molecule has 1 aromatic heterocycles. The molecule has 3 heterocycles. The first-order valence-corrected chi connectivity index (χ1v) is 9.35. The smallest absolute Gasteiger partial charge is 0.271 e. The van der Waals surface area contributed by atoms with Crippen LogP contribution in [0.25, 0.3) is 0 Å². The first kappa shape index (κ1) is 18.7. The van der Waals surface area contributed by atoms with E-state index < -0.39 is 5.91 Å².